The molecule has 0 aliphatic carbocycles. The van der Waals surface area contributed by atoms with E-state index < -0.39 is 28.5 Å². The number of halogens is 2. The number of carbonyl (C=O) groups is 2. The Morgan fingerprint density at radius 3 is 2.22 bits per heavy atom. The molecule has 0 spiro atoms. The molecule has 0 radical (unpaired) electrons. The average molecular weight is 619 g/mol. The monoisotopic (exact) mass is 617 g/mol. The molecule has 0 unspecified atom stereocenters. The Labute approximate surface area is 253 Å². The van der Waals surface area contributed by atoms with E-state index in [1.807, 2.05) is 40.7 Å². The van der Waals surface area contributed by atoms with Crippen molar-refractivity contribution in [2.45, 2.75) is 71.0 Å². The van der Waals surface area contributed by atoms with Gasteiger partial charge in [-0.15, -0.1) is 0 Å². The predicted molar refractivity (Wildman–Crippen MR) is 166 cm³/mol. The molecule has 41 heavy (non-hydrogen) atoms. The van der Waals surface area contributed by atoms with Gasteiger partial charge in [-0.25, -0.2) is 8.42 Å². The van der Waals surface area contributed by atoms with E-state index in [0.717, 1.165) is 21.9 Å². The Morgan fingerprint density at radius 1 is 0.927 bits per heavy atom. The number of anilines is 1. The van der Waals surface area contributed by atoms with Crippen LogP contribution in [0, 0.1) is 13.8 Å². The molecule has 3 aromatic rings. The quantitative estimate of drug-likeness (QED) is 0.250. The highest BCUT2D eigenvalue weighted by molar-refractivity contribution is 7.92. The Morgan fingerprint density at radius 2 is 1.61 bits per heavy atom. The average Bonchev–Trinajstić information content (AvgIpc) is 2.94. The number of sulfonamides is 1. The van der Waals surface area contributed by atoms with Crippen LogP contribution >= 0.6 is 23.2 Å². The molecule has 220 valence electrons. The van der Waals surface area contributed by atoms with E-state index in [2.05, 4.69) is 5.32 Å². The van der Waals surface area contributed by atoms with Crippen LogP contribution in [0.25, 0.3) is 0 Å². The second kappa shape index (κ2) is 14.2. The van der Waals surface area contributed by atoms with Crippen molar-refractivity contribution >= 4 is 50.7 Å². The standard InChI is InChI=1S/C31H37Cl2N3O4S/c1-6-22(4)34-31(38)28(7-2)35(19-24-16-17-25(32)18-27(24)33)30(37)20-36(29-15-11-12-21(3)23(29)5)41(39,40)26-13-9-8-10-14-26/h8-18,22,28H,6-7,19-20H2,1-5H3,(H,34,38)/t22-,28-/m1/s1. The summed E-state index contributed by atoms with van der Waals surface area (Å²) < 4.78 is 29.1. The first kappa shape index (κ1) is 32.4. The number of amides is 2. The highest BCUT2D eigenvalue weighted by atomic mass is 35.5. The SMILES string of the molecule is CC[C@@H](C)NC(=O)[C@@H](CC)N(Cc1ccc(Cl)cc1Cl)C(=O)CN(c1cccc(C)c1C)S(=O)(=O)c1ccccc1. The summed E-state index contributed by atoms with van der Waals surface area (Å²) in [6, 6.07) is 17.3. The summed E-state index contributed by atoms with van der Waals surface area (Å²) in [7, 11) is -4.14. The van der Waals surface area contributed by atoms with E-state index in [4.69, 9.17) is 23.2 Å². The molecule has 7 nitrogen and oxygen atoms in total. The zero-order valence-electron chi connectivity index (χ0n) is 24.0. The van der Waals surface area contributed by atoms with E-state index in [9.17, 15) is 18.0 Å². The molecule has 0 saturated carbocycles. The lowest BCUT2D eigenvalue weighted by molar-refractivity contribution is -0.140. The zero-order chi connectivity index (χ0) is 30.3. The first-order valence-electron chi connectivity index (χ1n) is 13.6. The van der Waals surface area contributed by atoms with Gasteiger partial charge in [-0.05, 0) is 80.6 Å². The lowest BCUT2D eigenvalue weighted by Crippen LogP contribution is -2.53. The van der Waals surface area contributed by atoms with Gasteiger partial charge in [0.05, 0.1) is 10.6 Å². The molecule has 0 aliphatic heterocycles. The van der Waals surface area contributed by atoms with Crippen LogP contribution in [0.4, 0.5) is 5.69 Å². The first-order chi connectivity index (χ1) is 19.4. The van der Waals surface area contributed by atoms with Gasteiger partial charge >= 0.3 is 0 Å². The number of nitrogens with one attached hydrogen (secondary N) is 1. The van der Waals surface area contributed by atoms with Gasteiger partial charge in [0.25, 0.3) is 10.0 Å². The molecule has 0 bridgehead atoms. The van der Waals surface area contributed by atoms with E-state index in [0.29, 0.717) is 27.7 Å². The van der Waals surface area contributed by atoms with E-state index >= 15 is 0 Å². The van der Waals surface area contributed by atoms with Crippen LogP contribution in [0.3, 0.4) is 0 Å². The van der Waals surface area contributed by atoms with Gasteiger partial charge in [0.2, 0.25) is 11.8 Å². The summed E-state index contributed by atoms with van der Waals surface area (Å²) in [6.45, 7) is 8.85. The molecule has 3 aromatic carbocycles. The normalized spacial score (nSPS) is 12.9. The molecule has 0 aliphatic rings. The molecule has 0 heterocycles. The number of aryl methyl sites for hydroxylation is 1. The Balaban J connectivity index is 2.11. The predicted octanol–water partition coefficient (Wildman–Crippen LogP) is 6.53. The highest BCUT2D eigenvalue weighted by Crippen LogP contribution is 2.30. The molecule has 0 aromatic heterocycles. The van der Waals surface area contributed by atoms with Crippen molar-refractivity contribution in [1.82, 2.24) is 10.2 Å². The van der Waals surface area contributed by atoms with Gasteiger partial charge < -0.3 is 10.2 Å². The van der Waals surface area contributed by atoms with Crippen LogP contribution in [0.1, 0.15) is 50.3 Å². The number of benzene rings is 3. The largest absolute Gasteiger partial charge is 0.352 e. The van der Waals surface area contributed by atoms with Crippen molar-refractivity contribution in [2.24, 2.45) is 0 Å². The summed E-state index contributed by atoms with van der Waals surface area (Å²) in [6.07, 6.45) is 1.03. The van der Waals surface area contributed by atoms with Gasteiger partial charge in [-0.2, -0.15) is 0 Å². The third-order valence-electron chi connectivity index (χ3n) is 7.20. The summed E-state index contributed by atoms with van der Waals surface area (Å²) in [5, 5.41) is 3.75. The number of hydrogen-bond donors (Lipinski definition) is 1. The lowest BCUT2D eigenvalue weighted by Gasteiger charge is -2.34. The van der Waals surface area contributed by atoms with Gasteiger partial charge in [0.15, 0.2) is 0 Å². The zero-order valence-corrected chi connectivity index (χ0v) is 26.4. The maximum atomic E-state index is 14.2. The Bertz CT molecular complexity index is 1480. The second-order valence-corrected chi connectivity index (χ2v) is 12.7. The molecule has 0 saturated heterocycles. The van der Waals surface area contributed by atoms with Crippen LogP contribution in [0.2, 0.25) is 10.0 Å². The number of rotatable bonds is 12. The number of carbonyl (C=O) groups excluding carboxylic acids is 2. The third kappa shape index (κ3) is 7.82. The maximum Gasteiger partial charge on any atom is 0.264 e. The van der Waals surface area contributed by atoms with Crippen LogP contribution in [-0.2, 0) is 26.2 Å². The molecule has 10 heteroatoms. The van der Waals surface area contributed by atoms with Crippen molar-refractivity contribution in [2.75, 3.05) is 10.8 Å². The molecule has 2 atom stereocenters. The number of nitrogens with zero attached hydrogens (tertiary/aromatic N) is 2. The second-order valence-electron chi connectivity index (χ2n) is 10.0. The van der Waals surface area contributed by atoms with E-state index in [1.165, 1.54) is 17.0 Å². The Kier molecular flexibility index (Phi) is 11.2. The van der Waals surface area contributed by atoms with Crippen LogP contribution < -0.4 is 9.62 Å². The molecule has 2 amide bonds. The van der Waals surface area contributed by atoms with Crippen molar-refractivity contribution in [3.05, 3.63) is 93.5 Å². The summed E-state index contributed by atoms with van der Waals surface area (Å²) in [4.78, 5) is 29.1. The fourth-order valence-corrected chi connectivity index (χ4v) is 6.39. The van der Waals surface area contributed by atoms with Crippen LogP contribution in [-0.4, -0.2) is 43.8 Å². The minimum atomic E-state index is -4.14. The van der Waals surface area contributed by atoms with Gasteiger partial charge in [-0.1, -0.05) is 73.4 Å². The third-order valence-corrected chi connectivity index (χ3v) is 9.56. The topological polar surface area (TPSA) is 86.8 Å². The number of hydrogen-bond acceptors (Lipinski definition) is 4. The minimum absolute atomic E-state index is 0.00665. The molecular formula is C31H37Cl2N3O4S. The van der Waals surface area contributed by atoms with Crippen molar-refractivity contribution in [3.63, 3.8) is 0 Å². The fourth-order valence-electron chi connectivity index (χ4n) is 4.43. The molecule has 3 rings (SSSR count). The van der Waals surface area contributed by atoms with Gasteiger partial charge in [0, 0.05) is 22.6 Å². The van der Waals surface area contributed by atoms with E-state index in [-0.39, 0.29) is 23.4 Å². The minimum Gasteiger partial charge on any atom is -0.352 e. The van der Waals surface area contributed by atoms with Crippen molar-refractivity contribution in [1.29, 1.82) is 0 Å². The van der Waals surface area contributed by atoms with Gasteiger partial charge in [-0.3, -0.25) is 13.9 Å². The Hall–Kier alpha value is -3.07. The smallest absolute Gasteiger partial charge is 0.264 e. The molecule has 0 fully saturated rings. The van der Waals surface area contributed by atoms with Crippen molar-refractivity contribution < 1.29 is 18.0 Å². The summed E-state index contributed by atoms with van der Waals surface area (Å²) in [5.74, 6) is -0.855. The molecular weight excluding hydrogens is 581 g/mol. The fraction of sp³-hybridized carbons (Fsp3) is 0.355. The van der Waals surface area contributed by atoms with Crippen molar-refractivity contribution in [3.8, 4) is 0 Å². The van der Waals surface area contributed by atoms with Crippen LogP contribution in [0.5, 0.6) is 0 Å². The molecule has 1 N–H and O–H groups in total. The maximum absolute atomic E-state index is 14.2. The summed E-state index contributed by atoms with van der Waals surface area (Å²) >= 11 is 12.6. The van der Waals surface area contributed by atoms with Crippen LogP contribution in [0.15, 0.2) is 71.6 Å². The summed E-state index contributed by atoms with van der Waals surface area (Å²) in [5.41, 5.74) is 2.59. The highest BCUT2D eigenvalue weighted by Gasteiger charge is 2.34. The first-order valence-corrected chi connectivity index (χ1v) is 15.8. The lowest BCUT2D eigenvalue weighted by atomic mass is 10.1. The van der Waals surface area contributed by atoms with E-state index in [1.54, 1.807) is 48.5 Å². The van der Waals surface area contributed by atoms with Gasteiger partial charge in [0.1, 0.15) is 12.6 Å².